The molecule has 1 aliphatic heterocycles. The fourth-order valence-electron chi connectivity index (χ4n) is 4.11. The third-order valence-corrected chi connectivity index (χ3v) is 7.55. The number of hydrogen-bond donors (Lipinski definition) is 5. The van der Waals surface area contributed by atoms with Crippen molar-refractivity contribution in [2.45, 2.75) is 77.7 Å². The Morgan fingerprint density at radius 1 is 1.23 bits per heavy atom. The smallest absolute Gasteiger partial charge is 0.322 e. The van der Waals surface area contributed by atoms with Gasteiger partial charge in [-0.15, -0.1) is 10.8 Å². The average Bonchev–Trinajstić information content (AvgIpc) is 2.71. The van der Waals surface area contributed by atoms with Gasteiger partial charge in [0.2, 0.25) is 0 Å². The summed E-state index contributed by atoms with van der Waals surface area (Å²) in [6.45, 7) is 6.28. The molecule has 1 heterocycles. The fraction of sp³-hybridized carbons (Fsp3) is 0.696. The minimum Gasteiger partial charge on any atom is -0.480 e. The first-order valence-corrected chi connectivity index (χ1v) is 13.1. The van der Waals surface area contributed by atoms with Gasteiger partial charge in [-0.25, -0.2) is 4.72 Å². The van der Waals surface area contributed by atoms with Crippen LogP contribution in [-0.2, 0) is 17.6 Å². The summed E-state index contributed by atoms with van der Waals surface area (Å²) in [7, 11) is -3.09. The SMILES string of the molecule is CCCCS(O)(O)N[C@@H](Cc1ccc(CCCCC2CCNCC2)cc1C)C(=O)O. The molecule has 1 aromatic rings. The minimum atomic E-state index is -3.09. The molecule has 1 aromatic carbocycles. The predicted octanol–water partition coefficient (Wildman–Crippen LogP) is 4.76. The van der Waals surface area contributed by atoms with E-state index < -0.39 is 22.8 Å². The number of rotatable bonds is 13. The summed E-state index contributed by atoms with van der Waals surface area (Å²) in [4.78, 5) is 11.7. The summed E-state index contributed by atoms with van der Waals surface area (Å²) in [5.74, 6) is -0.00365. The Bertz CT molecular complexity index is 663. The van der Waals surface area contributed by atoms with Crippen molar-refractivity contribution in [3.63, 3.8) is 0 Å². The molecule has 0 bridgehead atoms. The van der Waals surface area contributed by atoms with Gasteiger partial charge < -0.3 is 10.4 Å². The Balaban J connectivity index is 1.85. The largest absolute Gasteiger partial charge is 0.480 e. The lowest BCUT2D eigenvalue weighted by atomic mass is 9.91. The third-order valence-electron chi connectivity index (χ3n) is 6.03. The van der Waals surface area contributed by atoms with E-state index in [-0.39, 0.29) is 12.2 Å². The molecule has 5 N–H and O–H groups in total. The molecule has 6 nitrogen and oxygen atoms in total. The number of carboxylic acids is 1. The van der Waals surface area contributed by atoms with Gasteiger partial charge in [-0.1, -0.05) is 44.4 Å². The van der Waals surface area contributed by atoms with Crippen LogP contribution in [0.1, 0.15) is 68.6 Å². The molecule has 1 aliphatic rings. The summed E-state index contributed by atoms with van der Waals surface area (Å²) in [5.41, 5.74) is 3.27. The van der Waals surface area contributed by atoms with Crippen molar-refractivity contribution in [3.8, 4) is 0 Å². The topological polar surface area (TPSA) is 102 Å². The highest BCUT2D eigenvalue weighted by molar-refractivity contribution is 8.22. The second kappa shape index (κ2) is 12.7. The molecule has 0 spiro atoms. The number of aryl methyl sites for hydroxylation is 2. The van der Waals surface area contributed by atoms with Crippen LogP contribution in [0, 0.1) is 12.8 Å². The molecular formula is C23H40N2O4S. The molecule has 2 rings (SSSR count). The van der Waals surface area contributed by atoms with Gasteiger partial charge in [-0.3, -0.25) is 13.9 Å². The van der Waals surface area contributed by atoms with Crippen molar-refractivity contribution in [3.05, 3.63) is 34.9 Å². The Morgan fingerprint density at radius 2 is 1.97 bits per heavy atom. The zero-order valence-corrected chi connectivity index (χ0v) is 19.3. The highest BCUT2D eigenvalue weighted by Crippen LogP contribution is 2.35. The van der Waals surface area contributed by atoms with Gasteiger partial charge in [-0.2, -0.15) is 0 Å². The van der Waals surface area contributed by atoms with Crippen LogP contribution >= 0.6 is 10.8 Å². The molecule has 0 aliphatic carbocycles. The molecule has 1 saturated heterocycles. The van der Waals surface area contributed by atoms with Crippen molar-refractivity contribution in [1.29, 1.82) is 0 Å². The van der Waals surface area contributed by atoms with E-state index in [2.05, 4.69) is 22.2 Å². The molecular weight excluding hydrogens is 400 g/mol. The van der Waals surface area contributed by atoms with Gasteiger partial charge in [0.05, 0.1) is 5.75 Å². The van der Waals surface area contributed by atoms with Gasteiger partial charge in [0, 0.05) is 6.42 Å². The lowest BCUT2D eigenvalue weighted by Crippen LogP contribution is -2.41. The fourth-order valence-corrected chi connectivity index (χ4v) is 5.56. The van der Waals surface area contributed by atoms with E-state index in [9.17, 15) is 19.0 Å². The van der Waals surface area contributed by atoms with Crippen LogP contribution < -0.4 is 10.0 Å². The van der Waals surface area contributed by atoms with Crippen molar-refractivity contribution in [1.82, 2.24) is 10.0 Å². The van der Waals surface area contributed by atoms with Gasteiger partial charge in [0.1, 0.15) is 6.04 Å². The Labute approximate surface area is 183 Å². The summed E-state index contributed by atoms with van der Waals surface area (Å²) >= 11 is 0. The van der Waals surface area contributed by atoms with E-state index in [1.807, 2.05) is 19.9 Å². The van der Waals surface area contributed by atoms with E-state index in [0.29, 0.717) is 6.42 Å². The molecule has 1 atom stereocenters. The van der Waals surface area contributed by atoms with Crippen LogP contribution in [-0.4, -0.2) is 45.1 Å². The number of carbonyl (C=O) groups is 1. The summed E-state index contributed by atoms with van der Waals surface area (Å²) in [6, 6.07) is 5.21. The maximum Gasteiger partial charge on any atom is 0.322 e. The first-order chi connectivity index (χ1) is 14.3. The molecule has 0 unspecified atom stereocenters. The van der Waals surface area contributed by atoms with Crippen LogP contribution in [0.2, 0.25) is 0 Å². The van der Waals surface area contributed by atoms with E-state index in [4.69, 9.17) is 0 Å². The zero-order chi connectivity index (χ0) is 22.0. The molecule has 30 heavy (non-hydrogen) atoms. The Morgan fingerprint density at radius 3 is 2.60 bits per heavy atom. The highest BCUT2D eigenvalue weighted by atomic mass is 32.3. The van der Waals surface area contributed by atoms with E-state index in [0.717, 1.165) is 43.0 Å². The van der Waals surface area contributed by atoms with Gasteiger partial charge >= 0.3 is 5.97 Å². The number of aliphatic carboxylic acids is 1. The normalized spacial score (nSPS) is 17.1. The Kier molecular flexibility index (Phi) is 10.6. The third kappa shape index (κ3) is 8.94. The predicted molar refractivity (Wildman–Crippen MR) is 125 cm³/mol. The number of piperidine rings is 1. The van der Waals surface area contributed by atoms with Crippen molar-refractivity contribution in [2.24, 2.45) is 5.92 Å². The maximum atomic E-state index is 11.7. The number of carboxylic acid groups (broad SMARTS) is 1. The second-order valence-corrected chi connectivity index (χ2v) is 10.6. The van der Waals surface area contributed by atoms with Crippen LogP contribution in [0.15, 0.2) is 18.2 Å². The van der Waals surface area contributed by atoms with Crippen LogP contribution in [0.25, 0.3) is 0 Å². The number of benzene rings is 1. The maximum absolute atomic E-state index is 11.7. The molecule has 0 radical (unpaired) electrons. The average molecular weight is 441 g/mol. The van der Waals surface area contributed by atoms with Gasteiger partial charge in [-0.05, 0) is 74.7 Å². The zero-order valence-electron chi connectivity index (χ0n) is 18.5. The van der Waals surface area contributed by atoms with Crippen LogP contribution in [0.5, 0.6) is 0 Å². The minimum absolute atomic E-state index is 0.183. The van der Waals surface area contributed by atoms with Crippen LogP contribution in [0.3, 0.4) is 0 Å². The number of hydrogen-bond acceptors (Lipinski definition) is 5. The first kappa shape index (κ1) is 25.1. The highest BCUT2D eigenvalue weighted by Gasteiger charge is 2.25. The van der Waals surface area contributed by atoms with E-state index >= 15 is 0 Å². The quantitative estimate of drug-likeness (QED) is 0.284. The molecule has 0 aromatic heterocycles. The van der Waals surface area contributed by atoms with Gasteiger partial charge in [0.15, 0.2) is 0 Å². The van der Waals surface area contributed by atoms with Crippen LogP contribution in [0.4, 0.5) is 0 Å². The molecule has 1 fully saturated rings. The summed E-state index contributed by atoms with van der Waals surface area (Å²) in [6.07, 6.45) is 9.11. The second-order valence-electron chi connectivity index (χ2n) is 8.64. The molecule has 172 valence electrons. The lowest BCUT2D eigenvalue weighted by molar-refractivity contribution is -0.139. The molecule has 0 amide bonds. The first-order valence-electron chi connectivity index (χ1n) is 11.4. The van der Waals surface area contributed by atoms with E-state index in [1.54, 1.807) is 0 Å². The molecule has 7 heteroatoms. The van der Waals surface area contributed by atoms with E-state index in [1.165, 1.54) is 37.7 Å². The lowest BCUT2D eigenvalue weighted by Gasteiger charge is -2.35. The number of nitrogens with one attached hydrogen (secondary N) is 2. The summed E-state index contributed by atoms with van der Waals surface area (Å²) < 4.78 is 22.8. The van der Waals surface area contributed by atoms with Crippen molar-refractivity contribution < 1.29 is 19.0 Å². The van der Waals surface area contributed by atoms with Crippen molar-refractivity contribution >= 4 is 16.7 Å². The number of unbranched alkanes of at least 4 members (excludes halogenated alkanes) is 2. The molecule has 0 saturated carbocycles. The standard InChI is InChI=1S/C23H40N2O4S/c1-3-4-15-30(28,29)25-22(23(26)27)17-21-10-9-20(16-18(21)2)8-6-5-7-19-11-13-24-14-12-19/h9-10,16,19,22,24-25,28-29H,3-8,11-15,17H2,1-2H3,(H,26,27)/t22-/m0/s1. The van der Waals surface area contributed by atoms with Crippen molar-refractivity contribution in [2.75, 3.05) is 18.8 Å². The Hall–Kier alpha value is -1.12. The van der Waals surface area contributed by atoms with Gasteiger partial charge in [0.25, 0.3) is 0 Å². The summed E-state index contributed by atoms with van der Waals surface area (Å²) in [5, 5.41) is 13.0. The monoisotopic (exact) mass is 440 g/mol.